The van der Waals surface area contributed by atoms with Gasteiger partial charge in [-0.3, -0.25) is 0 Å². The molecule has 90 valence electrons. The zero-order chi connectivity index (χ0) is 12.1. The van der Waals surface area contributed by atoms with Crippen molar-refractivity contribution < 1.29 is 9.53 Å². The fourth-order valence-corrected chi connectivity index (χ4v) is 2.06. The second-order valence-electron chi connectivity index (χ2n) is 4.15. The van der Waals surface area contributed by atoms with Gasteiger partial charge in [0.1, 0.15) is 0 Å². The van der Waals surface area contributed by atoms with Crippen LogP contribution in [-0.4, -0.2) is 26.2 Å². The van der Waals surface area contributed by atoms with E-state index in [2.05, 4.69) is 33.9 Å². The third kappa shape index (κ3) is 3.09. The maximum Gasteiger partial charge on any atom is 0.330 e. The van der Waals surface area contributed by atoms with Gasteiger partial charge in [-0.05, 0) is 25.0 Å². The predicted octanol–water partition coefficient (Wildman–Crippen LogP) is 2.39. The Kier molecular flexibility index (Phi) is 3.81. The number of esters is 1. The molecule has 0 radical (unpaired) electrons. The van der Waals surface area contributed by atoms with Crippen molar-refractivity contribution in [2.75, 3.05) is 25.1 Å². The molecule has 0 aromatic heterocycles. The summed E-state index contributed by atoms with van der Waals surface area (Å²) in [5, 5.41) is 0. The van der Waals surface area contributed by atoms with Crippen molar-refractivity contribution in [1.82, 2.24) is 0 Å². The normalized spacial score (nSPS) is 15.6. The van der Waals surface area contributed by atoms with E-state index in [1.807, 2.05) is 6.07 Å². The van der Waals surface area contributed by atoms with Crippen molar-refractivity contribution in [3.8, 4) is 0 Å². The van der Waals surface area contributed by atoms with Gasteiger partial charge in [0.2, 0.25) is 0 Å². The molecule has 0 atom stereocenters. The Bertz CT molecular complexity index is 401. The van der Waals surface area contributed by atoms with Crippen molar-refractivity contribution in [3.05, 3.63) is 42.0 Å². The molecule has 0 bridgehead atoms. The van der Waals surface area contributed by atoms with Crippen LogP contribution in [0.5, 0.6) is 0 Å². The molecule has 1 heterocycles. The van der Waals surface area contributed by atoms with Crippen LogP contribution in [0, 0.1) is 0 Å². The Morgan fingerprint density at radius 2 is 1.88 bits per heavy atom. The SMILES string of the molecule is COC(=O)C=C1CCN(c2ccccc2)CC1. The van der Waals surface area contributed by atoms with Gasteiger partial charge >= 0.3 is 5.97 Å². The second-order valence-corrected chi connectivity index (χ2v) is 4.15. The van der Waals surface area contributed by atoms with Gasteiger partial charge in [-0.15, -0.1) is 0 Å². The molecule has 0 saturated carbocycles. The van der Waals surface area contributed by atoms with E-state index in [0.29, 0.717) is 0 Å². The van der Waals surface area contributed by atoms with Crippen LogP contribution >= 0.6 is 0 Å². The first-order valence-electron chi connectivity index (χ1n) is 5.87. The maximum absolute atomic E-state index is 11.1. The minimum Gasteiger partial charge on any atom is -0.466 e. The molecule has 1 aromatic rings. The lowest BCUT2D eigenvalue weighted by Crippen LogP contribution is -2.30. The molecule has 1 aliphatic heterocycles. The van der Waals surface area contributed by atoms with Crippen LogP contribution in [0.3, 0.4) is 0 Å². The molecule has 3 heteroatoms. The lowest BCUT2D eigenvalue weighted by molar-refractivity contribution is -0.134. The Balaban J connectivity index is 1.95. The van der Waals surface area contributed by atoms with Gasteiger partial charge in [-0.1, -0.05) is 23.8 Å². The number of benzene rings is 1. The van der Waals surface area contributed by atoms with Crippen LogP contribution in [0.4, 0.5) is 5.69 Å². The molecule has 3 nitrogen and oxygen atoms in total. The summed E-state index contributed by atoms with van der Waals surface area (Å²) < 4.78 is 4.64. The summed E-state index contributed by atoms with van der Waals surface area (Å²) in [6, 6.07) is 10.4. The molecule has 2 rings (SSSR count). The van der Waals surface area contributed by atoms with E-state index in [1.165, 1.54) is 18.4 Å². The summed E-state index contributed by atoms with van der Waals surface area (Å²) in [5.41, 5.74) is 2.44. The third-order valence-electron chi connectivity index (χ3n) is 3.05. The van der Waals surface area contributed by atoms with Gasteiger partial charge in [-0.25, -0.2) is 4.79 Å². The maximum atomic E-state index is 11.1. The van der Waals surface area contributed by atoms with Gasteiger partial charge in [-0.2, -0.15) is 0 Å². The highest BCUT2D eigenvalue weighted by molar-refractivity contribution is 5.82. The number of ether oxygens (including phenoxy) is 1. The van der Waals surface area contributed by atoms with Crippen LogP contribution in [-0.2, 0) is 9.53 Å². The van der Waals surface area contributed by atoms with Gasteiger partial charge in [0, 0.05) is 24.9 Å². The fraction of sp³-hybridized carbons (Fsp3) is 0.357. The average Bonchev–Trinajstić information content (AvgIpc) is 2.40. The zero-order valence-electron chi connectivity index (χ0n) is 10.1. The quantitative estimate of drug-likeness (QED) is 0.578. The highest BCUT2D eigenvalue weighted by atomic mass is 16.5. The summed E-state index contributed by atoms with van der Waals surface area (Å²) in [5.74, 6) is -0.242. The van der Waals surface area contributed by atoms with Crippen LogP contribution in [0.15, 0.2) is 42.0 Å². The number of methoxy groups -OCH3 is 1. The predicted molar refractivity (Wildman–Crippen MR) is 68.0 cm³/mol. The van der Waals surface area contributed by atoms with Crippen molar-refractivity contribution in [2.45, 2.75) is 12.8 Å². The summed E-state index contributed by atoms with van der Waals surface area (Å²) >= 11 is 0. The molecule has 0 spiro atoms. The second kappa shape index (κ2) is 5.53. The summed E-state index contributed by atoms with van der Waals surface area (Å²) in [6.07, 6.45) is 3.50. The molecule has 0 aliphatic carbocycles. The van der Waals surface area contributed by atoms with Crippen molar-refractivity contribution in [1.29, 1.82) is 0 Å². The number of piperidine rings is 1. The number of hydrogen-bond donors (Lipinski definition) is 0. The molecule has 1 aromatic carbocycles. The van der Waals surface area contributed by atoms with E-state index in [9.17, 15) is 4.79 Å². The number of carbonyl (C=O) groups excluding carboxylic acids is 1. The van der Waals surface area contributed by atoms with Crippen molar-refractivity contribution in [3.63, 3.8) is 0 Å². The molecule has 17 heavy (non-hydrogen) atoms. The van der Waals surface area contributed by atoms with Crippen molar-refractivity contribution in [2.24, 2.45) is 0 Å². The first-order chi connectivity index (χ1) is 8.29. The average molecular weight is 231 g/mol. The number of anilines is 1. The largest absolute Gasteiger partial charge is 0.466 e. The van der Waals surface area contributed by atoms with E-state index >= 15 is 0 Å². The van der Waals surface area contributed by atoms with E-state index in [1.54, 1.807) is 6.08 Å². The van der Waals surface area contributed by atoms with Crippen LogP contribution in [0.1, 0.15) is 12.8 Å². The summed E-state index contributed by atoms with van der Waals surface area (Å²) in [4.78, 5) is 13.5. The smallest absolute Gasteiger partial charge is 0.330 e. The zero-order valence-corrected chi connectivity index (χ0v) is 10.1. The number of carbonyl (C=O) groups is 1. The number of hydrogen-bond acceptors (Lipinski definition) is 3. The molecule has 1 fully saturated rings. The minimum atomic E-state index is -0.242. The Morgan fingerprint density at radius 1 is 1.24 bits per heavy atom. The topological polar surface area (TPSA) is 29.5 Å². The monoisotopic (exact) mass is 231 g/mol. The lowest BCUT2D eigenvalue weighted by Gasteiger charge is -2.30. The van der Waals surface area contributed by atoms with Gasteiger partial charge in [0.15, 0.2) is 0 Å². The number of nitrogens with zero attached hydrogens (tertiary/aromatic N) is 1. The first kappa shape index (κ1) is 11.7. The van der Waals surface area contributed by atoms with E-state index in [4.69, 9.17) is 0 Å². The molecule has 0 unspecified atom stereocenters. The molecule has 0 N–H and O–H groups in total. The van der Waals surface area contributed by atoms with E-state index in [-0.39, 0.29) is 5.97 Å². The Labute approximate surface area is 102 Å². The third-order valence-corrected chi connectivity index (χ3v) is 3.05. The Morgan fingerprint density at radius 3 is 2.47 bits per heavy atom. The molecular formula is C14H17NO2. The molecule has 1 saturated heterocycles. The summed E-state index contributed by atoms with van der Waals surface area (Å²) in [7, 11) is 1.42. The summed E-state index contributed by atoms with van der Waals surface area (Å²) in [6.45, 7) is 1.93. The van der Waals surface area contributed by atoms with Crippen molar-refractivity contribution >= 4 is 11.7 Å². The van der Waals surface area contributed by atoms with Crippen LogP contribution in [0.25, 0.3) is 0 Å². The van der Waals surface area contributed by atoms with Crippen LogP contribution < -0.4 is 4.90 Å². The molecule has 0 amide bonds. The Hall–Kier alpha value is -1.77. The van der Waals surface area contributed by atoms with E-state index in [0.717, 1.165) is 25.9 Å². The number of para-hydroxylation sites is 1. The highest BCUT2D eigenvalue weighted by Crippen LogP contribution is 2.22. The molecule has 1 aliphatic rings. The van der Waals surface area contributed by atoms with Gasteiger partial charge in [0.25, 0.3) is 0 Å². The van der Waals surface area contributed by atoms with Gasteiger partial charge in [0.05, 0.1) is 7.11 Å². The van der Waals surface area contributed by atoms with Crippen LogP contribution in [0.2, 0.25) is 0 Å². The molecular weight excluding hydrogens is 214 g/mol. The minimum absolute atomic E-state index is 0.242. The van der Waals surface area contributed by atoms with E-state index < -0.39 is 0 Å². The van der Waals surface area contributed by atoms with Gasteiger partial charge < -0.3 is 9.64 Å². The fourth-order valence-electron chi connectivity index (χ4n) is 2.06. The number of rotatable bonds is 2. The highest BCUT2D eigenvalue weighted by Gasteiger charge is 2.14. The standard InChI is InChI=1S/C14H17NO2/c1-17-14(16)11-12-7-9-15(10-8-12)13-5-3-2-4-6-13/h2-6,11H,7-10H2,1H3. The first-order valence-corrected chi connectivity index (χ1v) is 5.87. The lowest BCUT2D eigenvalue weighted by atomic mass is 10.0.